The number of hydrogen-bond acceptors (Lipinski definition) is 1. The lowest BCUT2D eigenvalue weighted by Gasteiger charge is -2.21. The van der Waals surface area contributed by atoms with Crippen LogP contribution >= 0.6 is 0 Å². The van der Waals surface area contributed by atoms with Crippen molar-refractivity contribution >= 4 is 0 Å². The van der Waals surface area contributed by atoms with E-state index in [4.69, 9.17) is 5.73 Å². The van der Waals surface area contributed by atoms with Crippen LogP contribution < -0.4 is 5.73 Å². The molecule has 0 aliphatic carbocycles. The summed E-state index contributed by atoms with van der Waals surface area (Å²) in [6.45, 7) is 8.81. The Morgan fingerprint density at radius 3 is 1.89 bits per heavy atom. The van der Waals surface area contributed by atoms with E-state index in [2.05, 4.69) is 27.7 Å². The third kappa shape index (κ3) is 5.84. The first-order chi connectivity index (χ1) is 3.95. The molecular weight excluding hydrogens is 110 g/mol. The van der Waals surface area contributed by atoms with Gasteiger partial charge in [0.2, 0.25) is 0 Å². The monoisotopic (exact) mass is 129 g/mol. The molecular formula is C8H19N. The van der Waals surface area contributed by atoms with E-state index < -0.39 is 0 Å². The number of rotatable bonds is 2. The Morgan fingerprint density at radius 1 is 1.33 bits per heavy atom. The van der Waals surface area contributed by atoms with Crippen LogP contribution in [0.3, 0.4) is 0 Å². The molecule has 1 heteroatoms. The quantitative estimate of drug-likeness (QED) is 0.607. The molecule has 0 spiro atoms. The molecule has 0 fully saturated rings. The highest BCUT2D eigenvalue weighted by Gasteiger charge is 2.13. The van der Waals surface area contributed by atoms with Gasteiger partial charge in [0.15, 0.2) is 0 Å². The van der Waals surface area contributed by atoms with Crippen LogP contribution in [0.5, 0.6) is 0 Å². The SMILES string of the molecule is CC[C@H](N)CC(C)(C)C. The van der Waals surface area contributed by atoms with Crippen molar-refractivity contribution in [1.82, 2.24) is 0 Å². The van der Waals surface area contributed by atoms with Gasteiger partial charge in [0.25, 0.3) is 0 Å². The first-order valence-corrected chi connectivity index (χ1v) is 3.71. The largest absolute Gasteiger partial charge is 0.328 e. The highest BCUT2D eigenvalue weighted by Crippen LogP contribution is 2.20. The predicted molar refractivity (Wildman–Crippen MR) is 42.3 cm³/mol. The molecule has 0 saturated heterocycles. The average Bonchev–Trinajstić information content (AvgIpc) is 1.62. The van der Waals surface area contributed by atoms with Gasteiger partial charge in [0.1, 0.15) is 0 Å². The van der Waals surface area contributed by atoms with E-state index in [1.165, 1.54) is 0 Å². The van der Waals surface area contributed by atoms with Gasteiger partial charge in [-0.15, -0.1) is 0 Å². The Kier molecular flexibility index (Phi) is 3.20. The fraction of sp³-hybridized carbons (Fsp3) is 1.00. The summed E-state index contributed by atoms with van der Waals surface area (Å²) in [5.41, 5.74) is 6.16. The van der Waals surface area contributed by atoms with Crippen molar-refractivity contribution in [3.05, 3.63) is 0 Å². The molecule has 0 bridgehead atoms. The lowest BCUT2D eigenvalue weighted by atomic mass is 9.88. The van der Waals surface area contributed by atoms with E-state index in [1.54, 1.807) is 0 Å². The molecule has 0 amide bonds. The first-order valence-electron chi connectivity index (χ1n) is 3.71. The van der Waals surface area contributed by atoms with Crippen LogP contribution in [0, 0.1) is 5.41 Å². The molecule has 0 aromatic carbocycles. The van der Waals surface area contributed by atoms with Crippen molar-refractivity contribution in [1.29, 1.82) is 0 Å². The molecule has 1 atom stereocenters. The van der Waals surface area contributed by atoms with Gasteiger partial charge in [0, 0.05) is 6.04 Å². The summed E-state index contributed by atoms with van der Waals surface area (Å²) in [4.78, 5) is 0. The van der Waals surface area contributed by atoms with Gasteiger partial charge in [-0.3, -0.25) is 0 Å². The molecule has 0 radical (unpaired) electrons. The summed E-state index contributed by atoms with van der Waals surface area (Å²) in [6, 6.07) is 0.394. The predicted octanol–water partition coefficient (Wildman–Crippen LogP) is 2.16. The molecule has 1 nitrogen and oxygen atoms in total. The van der Waals surface area contributed by atoms with E-state index in [9.17, 15) is 0 Å². The van der Waals surface area contributed by atoms with Crippen LogP contribution in [0.15, 0.2) is 0 Å². The zero-order chi connectivity index (χ0) is 7.49. The number of hydrogen-bond donors (Lipinski definition) is 1. The van der Waals surface area contributed by atoms with Gasteiger partial charge >= 0.3 is 0 Å². The maximum atomic E-state index is 5.76. The van der Waals surface area contributed by atoms with Crippen molar-refractivity contribution in [2.24, 2.45) is 11.1 Å². The van der Waals surface area contributed by atoms with Crippen molar-refractivity contribution in [3.63, 3.8) is 0 Å². The van der Waals surface area contributed by atoms with Crippen molar-refractivity contribution in [2.45, 2.75) is 46.6 Å². The van der Waals surface area contributed by atoms with Crippen LogP contribution in [0.2, 0.25) is 0 Å². The van der Waals surface area contributed by atoms with Gasteiger partial charge in [-0.2, -0.15) is 0 Å². The van der Waals surface area contributed by atoms with Crippen LogP contribution in [-0.4, -0.2) is 6.04 Å². The minimum absolute atomic E-state index is 0.394. The average molecular weight is 129 g/mol. The lowest BCUT2D eigenvalue weighted by molar-refractivity contribution is 0.335. The van der Waals surface area contributed by atoms with Crippen molar-refractivity contribution in [3.8, 4) is 0 Å². The summed E-state index contributed by atoms with van der Waals surface area (Å²) in [5.74, 6) is 0. The second kappa shape index (κ2) is 3.21. The summed E-state index contributed by atoms with van der Waals surface area (Å²) in [7, 11) is 0. The van der Waals surface area contributed by atoms with Gasteiger partial charge in [-0.25, -0.2) is 0 Å². The smallest absolute Gasteiger partial charge is 0.00411 e. The fourth-order valence-electron chi connectivity index (χ4n) is 0.931. The molecule has 0 heterocycles. The fourth-order valence-corrected chi connectivity index (χ4v) is 0.931. The molecule has 56 valence electrons. The van der Waals surface area contributed by atoms with Gasteiger partial charge in [-0.1, -0.05) is 27.7 Å². The molecule has 0 aliphatic rings. The highest BCUT2D eigenvalue weighted by molar-refractivity contribution is 4.69. The topological polar surface area (TPSA) is 26.0 Å². The van der Waals surface area contributed by atoms with Crippen molar-refractivity contribution < 1.29 is 0 Å². The Balaban J connectivity index is 3.47. The minimum atomic E-state index is 0.394. The van der Waals surface area contributed by atoms with Gasteiger partial charge in [-0.05, 0) is 18.3 Å². The molecule has 0 aromatic rings. The van der Waals surface area contributed by atoms with Crippen LogP contribution in [0.1, 0.15) is 40.5 Å². The Morgan fingerprint density at radius 2 is 1.78 bits per heavy atom. The minimum Gasteiger partial charge on any atom is -0.328 e. The normalized spacial score (nSPS) is 15.7. The van der Waals surface area contributed by atoms with E-state index in [0.29, 0.717) is 11.5 Å². The van der Waals surface area contributed by atoms with E-state index in [-0.39, 0.29) is 0 Å². The maximum Gasteiger partial charge on any atom is 0.00411 e. The lowest BCUT2D eigenvalue weighted by Crippen LogP contribution is -2.25. The van der Waals surface area contributed by atoms with Gasteiger partial charge in [0.05, 0.1) is 0 Å². The van der Waals surface area contributed by atoms with Crippen LogP contribution in [0.25, 0.3) is 0 Å². The summed E-state index contributed by atoms with van der Waals surface area (Å²) in [6.07, 6.45) is 2.22. The summed E-state index contributed by atoms with van der Waals surface area (Å²) >= 11 is 0. The van der Waals surface area contributed by atoms with E-state index in [1.807, 2.05) is 0 Å². The van der Waals surface area contributed by atoms with Crippen LogP contribution in [-0.2, 0) is 0 Å². The summed E-state index contributed by atoms with van der Waals surface area (Å²) < 4.78 is 0. The Labute approximate surface area is 58.6 Å². The van der Waals surface area contributed by atoms with Gasteiger partial charge < -0.3 is 5.73 Å². The zero-order valence-corrected chi connectivity index (χ0v) is 7.07. The molecule has 9 heavy (non-hydrogen) atoms. The van der Waals surface area contributed by atoms with Crippen LogP contribution in [0.4, 0.5) is 0 Å². The molecule has 0 aromatic heterocycles. The summed E-state index contributed by atoms with van der Waals surface area (Å²) in [5, 5.41) is 0. The second-order valence-electron chi connectivity index (χ2n) is 3.93. The molecule has 0 saturated carbocycles. The third-order valence-corrected chi connectivity index (χ3v) is 1.40. The highest BCUT2D eigenvalue weighted by atomic mass is 14.6. The number of nitrogens with two attached hydrogens (primary N) is 1. The Bertz CT molecular complexity index is 71.1. The second-order valence-corrected chi connectivity index (χ2v) is 3.93. The van der Waals surface area contributed by atoms with E-state index >= 15 is 0 Å². The molecule has 0 rings (SSSR count). The Hall–Kier alpha value is -0.0400. The zero-order valence-electron chi connectivity index (χ0n) is 7.07. The third-order valence-electron chi connectivity index (χ3n) is 1.40. The van der Waals surface area contributed by atoms with E-state index in [0.717, 1.165) is 12.8 Å². The maximum absolute atomic E-state index is 5.76. The van der Waals surface area contributed by atoms with Crippen molar-refractivity contribution in [2.75, 3.05) is 0 Å². The molecule has 2 N–H and O–H groups in total. The molecule has 0 unspecified atom stereocenters. The first kappa shape index (κ1) is 8.96. The molecule has 0 aliphatic heterocycles. The standard InChI is InChI=1S/C8H19N/c1-5-7(9)6-8(2,3)4/h7H,5-6,9H2,1-4H3/t7-/m0/s1.